The minimum absolute atomic E-state index is 0.0417. The van der Waals surface area contributed by atoms with Crippen LogP contribution in [0, 0.1) is 22.7 Å². The topological polar surface area (TPSA) is 55.8 Å². The zero-order chi connectivity index (χ0) is 26.3. The molecule has 5 aliphatic rings. The van der Waals surface area contributed by atoms with Crippen molar-refractivity contribution in [3.8, 4) is 11.1 Å². The Labute approximate surface area is 230 Å². The lowest BCUT2D eigenvalue weighted by molar-refractivity contribution is -0.414. The zero-order valence-electron chi connectivity index (χ0n) is 22.9. The molecule has 0 bridgehead atoms. The maximum Gasteiger partial charge on any atom is 0.139 e. The van der Waals surface area contributed by atoms with Crippen molar-refractivity contribution in [3.63, 3.8) is 0 Å². The van der Waals surface area contributed by atoms with Gasteiger partial charge in [-0.1, -0.05) is 50.6 Å². The van der Waals surface area contributed by atoms with Gasteiger partial charge in [-0.25, -0.2) is 9.78 Å². The molecule has 1 aliphatic heterocycles. The molecular weight excluding hydrogens is 492 g/mol. The van der Waals surface area contributed by atoms with Crippen LogP contribution in [0.1, 0.15) is 90.0 Å². The Hall–Kier alpha value is -1.79. The maximum atomic E-state index is 13.3. The van der Waals surface area contributed by atoms with Gasteiger partial charge in [0.1, 0.15) is 11.4 Å². The Balaban J connectivity index is 1.31. The summed E-state index contributed by atoms with van der Waals surface area (Å²) < 4.78 is 0. The minimum Gasteiger partial charge on any atom is -0.385 e. The van der Waals surface area contributed by atoms with Gasteiger partial charge in [0, 0.05) is 24.2 Å². The second-order valence-electron chi connectivity index (χ2n) is 14.0. The fourth-order valence-corrected chi connectivity index (χ4v) is 9.96. The summed E-state index contributed by atoms with van der Waals surface area (Å²) in [5, 5.41) is 16.7. The van der Waals surface area contributed by atoms with Crippen molar-refractivity contribution in [3.05, 3.63) is 57.8 Å². The fourth-order valence-electron chi connectivity index (χ4n) is 9.29. The first-order valence-electron chi connectivity index (χ1n) is 14.5. The van der Waals surface area contributed by atoms with Gasteiger partial charge in [0.2, 0.25) is 0 Å². The van der Waals surface area contributed by atoms with Crippen molar-refractivity contribution in [2.24, 2.45) is 22.7 Å². The molecule has 6 atom stereocenters. The first-order valence-corrected chi connectivity index (χ1v) is 15.5. The van der Waals surface area contributed by atoms with Crippen LogP contribution in [-0.4, -0.2) is 28.7 Å². The Morgan fingerprint density at radius 2 is 1.79 bits per heavy atom. The molecule has 5 heteroatoms. The Kier molecular flexibility index (Phi) is 5.70. The minimum atomic E-state index is -0.855. The molecule has 1 aromatic heterocycles. The molecule has 1 aromatic carbocycles. The largest absolute Gasteiger partial charge is 0.385 e. The second kappa shape index (κ2) is 8.60. The molecule has 4 fully saturated rings. The van der Waals surface area contributed by atoms with Crippen molar-refractivity contribution < 1.29 is 19.7 Å². The van der Waals surface area contributed by atoms with Gasteiger partial charge >= 0.3 is 0 Å². The summed E-state index contributed by atoms with van der Waals surface area (Å²) in [4.78, 5) is 25.0. The van der Waals surface area contributed by atoms with E-state index >= 15 is 0 Å². The summed E-state index contributed by atoms with van der Waals surface area (Å²) in [5.41, 5.74) is 5.01. The monoisotopic (exact) mass is 532 g/mol. The molecule has 1 spiro atoms. The van der Waals surface area contributed by atoms with Crippen molar-refractivity contribution >= 4 is 17.1 Å². The van der Waals surface area contributed by atoms with E-state index < -0.39 is 11.2 Å². The van der Waals surface area contributed by atoms with E-state index in [1.54, 1.807) is 11.3 Å². The molecule has 1 saturated heterocycles. The maximum absolute atomic E-state index is 13.3. The Morgan fingerprint density at radius 3 is 2.53 bits per heavy atom. The number of allylic oxidation sites excluding steroid dienone is 1. The van der Waals surface area contributed by atoms with Gasteiger partial charge in [-0.3, -0.25) is 4.79 Å². The number of thiophene rings is 1. The standard InChI is InChI=1S/C33H40O4S/c1-30(2)18-32(37-36-20-30)13-11-27-29-24(10-14-33(27,35)19-32)26-8-9-28(34)31(26,3)16-25(29)22-6-4-21(5-7-22)23-12-15-38-17-23/h4-7,12,15,17,24-26,35H,8-11,13-14,16,18-20H2,1-3H3/t24-,25+,26-,31+,32?,33+/m0/s1. The summed E-state index contributed by atoms with van der Waals surface area (Å²) in [6, 6.07) is 11.2. The van der Waals surface area contributed by atoms with E-state index in [9.17, 15) is 9.90 Å². The van der Waals surface area contributed by atoms with Crippen LogP contribution in [0.4, 0.5) is 0 Å². The highest BCUT2D eigenvalue weighted by Crippen LogP contribution is 2.65. The van der Waals surface area contributed by atoms with Crippen LogP contribution in [0.25, 0.3) is 11.1 Å². The Bertz CT molecular complexity index is 1280. The number of ketones is 1. The van der Waals surface area contributed by atoms with Crippen LogP contribution in [0.3, 0.4) is 0 Å². The summed E-state index contributed by atoms with van der Waals surface area (Å²) in [6.45, 7) is 7.32. The van der Waals surface area contributed by atoms with Gasteiger partial charge in [0.05, 0.1) is 12.2 Å². The molecule has 1 N–H and O–H groups in total. The highest BCUT2D eigenvalue weighted by Gasteiger charge is 2.60. The number of carbonyl (C=O) groups is 1. The summed E-state index contributed by atoms with van der Waals surface area (Å²) in [6.07, 6.45) is 7.52. The summed E-state index contributed by atoms with van der Waals surface area (Å²) in [7, 11) is 0. The summed E-state index contributed by atoms with van der Waals surface area (Å²) in [5.74, 6) is 1.40. The predicted octanol–water partition coefficient (Wildman–Crippen LogP) is 7.63. The van der Waals surface area contributed by atoms with E-state index in [1.807, 2.05) is 0 Å². The van der Waals surface area contributed by atoms with Gasteiger partial charge in [0.15, 0.2) is 0 Å². The predicted molar refractivity (Wildman–Crippen MR) is 150 cm³/mol. The molecule has 4 nitrogen and oxygen atoms in total. The lowest BCUT2D eigenvalue weighted by Crippen LogP contribution is -2.56. The third kappa shape index (κ3) is 3.83. The van der Waals surface area contributed by atoms with Crippen molar-refractivity contribution in [1.82, 2.24) is 0 Å². The molecule has 202 valence electrons. The first kappa shape index (κ1) is 25.2. The van der Waals surface area contributed by atoms with E-state index in [1.165, 1.54) is 27.8 Å². The summed E-state index contributed by atoms with van der Waals surface area (Å²) >= 11 is 1.72. The van der Waals surface area contributed by atoms with Crippen molar-refractivity contribution in [1.29, 1.82) is 0 Å². The average Bonchev–Trinajstić information content (AvgIpc) is 3.51. The Morgan fingerprint density at radius 1 is 0.974 bits per heavy atom. The molecule has 1 unspecified atom stereocenters. The van der Waals surface area contributed by atoms with Crippen molar-refractivity contribution in [2.75, 3.05) is 6.61 Å². The van der Waals surface area contributed by atoms with E-state index in [-0.39, 0.29) is 16.7 Å². The smallest absolute Gasteiger partial charge is 0.139 e. The van der Waals surface area contributed by atoms with Crippen LogP contribution in [0.15, 0.2) is 52.2 Å². The molecular formula is C33H40O4S. The number of benzene rings is 1. The van der Waals surface area contributed by atoms with Gasteiger partial charge < -0.3 is 5.11 Å². The first-order chi connectivity index (χ1) is 18.1. The molecule has 0 radical (unpaired) electrons. The lowest BCUT2D eigenvalue weighted by Gasteiger charge is -2.57. The number of fused-ring (bicyclic) bond motifs is 4. The number of hydrogen-bond acceptors (Lipinski definition) is 5. The lowest BCUT2D eigenvalue weighted by atomic mass is 9.50. The molecule has 7 rings (SSSR count). The van der Waals surface area contributed by atoms with E-state index in [0.717, 1.165) is 44.9 Å². The van der Waals surface area contributed by atoms with E-state index in [4.69, 9.17) is 9.78 Å². The number of Topliss-reactive ketones (excluding diaryl/α,β-unsaturated/α-hetero) is 1. The number of aliphatic hydroxyl groups is 1. The molecule has 38 heavy (non-hydrogen) atoms. The molecule has 3 saturated carbocycles. The highest BCUT2D eigenvalue weighted by molar-refractivity contribution is 7.08. The van der Waals surface area contributed by atoms with Gasteiger partial charge in [-0.15, -0.1) is 0 Å². The normalized spacial score (nSPS) is 40.1. The third-order valence-corrected chi connectivity index (χ3v) is 11.6. The van der Waals surface area contributed by atoms with Crippen molar-refractivity contribution in [2.45, 2.75) is 95.7 Å². The average molecular weight is 533 g/mol. The van der Waals surface area contributed by atoms with Crippen LogP contribution in [-0.2, 0) is 14.6 Å². The SMILES string of the molecule is CC1(C)COOC2(CCC3=C4[C@@H](CC[C@@]3(O)C2)[C@@H]2CCC(=O)[C@]2(C)C[C@@H]4c2ccc(-c3ccsc3)cc2)C1. The van der Waals surface area contributed by atoms with Crippen LogP contribution < -0.4 is 0 Å². The molecule has 2 heterocycles. The number of carbonyl (C=O) groups excluding carboxylic acids is 1. The zero-order valence-corrected chi connectivity index (χ0v) is 23.7. The van der Waals surface area contributed by atoms with Crippen LogP contribution in [0.5, 0.6) is 0 Å². The van der Waals surface area contributed by atoms with E-state index in [2.05, 4.69) is 61.9 Å². The highest BCUT2D eigenvalue weighted by atomic mass is 32.1. The quantitative estimate of drug-likeness (QED) is 0.319. The second-order valence-corrected chi connectivity index (χ2v) is 14.8. The van der Waals surface area contributed by atoms with Crippen LogP contribution in [0.2, 0.25) is 0 Å². The van der Waals surface area contributed by atoms with Gasteiger partial charge in [0.25, 0.3) is 0 Å². The van der Waals surface area contributed by atoms with E-state index in [0.29, 0.717) is 37.1 Å². The fraction of sp³-hybridized carbons (Fsp3) is 0.606. The molecule has 0 amide bonds. The van der Waals surface area contributed by atoms with Gasteiger partial charge in [-0.2, -0.15) is 11.3 Å². The van der Waals surface area contributed by atoms with Gasteiger partial charge in [-0.05, 0) is 101 Å². The molecule has 4 aliphatic carbocycles. The third-order valence-electron chi connectivity index (χ3n) is 10.9. The van der Waals surface area contributed by atoms with Crippen LogP contribution >= 0.6 is 11.3 Å². The number of rotatable bonds is 2. The molecule has 2 aromatic rings. The number of hydrogen-bond donors (Lipinski definition) is 1.